The summed E-state index contributed by atoms with van der Waals surface area (Å²) in [4.78, 5) is 25.7. The van der Waals surface area contributed by atoms with Crippen molar-refractivity contribution in [2.24, 2.45) is 5.10 Å². The molecule has 176 valence electrons. The van der Waals surface area contributed by atoms with E-state index in [0.717, 1.165) is 0 Å². The minimum Gasteiger partial charge on any atom is -0.496 e. The van der Waals surface area contributed by atoms with E-state index in [0.29, 0.717) is 45.1 Å². The summed E-state index contributed by atoms with van der Waals surface area (Å²) in [6.45, 7) is 2.27. The molecule has 0 heterocycles. The molecule has 8 nitrogen and oxygen atoms in total. The number of amides is 2. The minimum atomic E-state index is -0.497. The lowest BCUT2D eigenvalue weighted by atomic mass is 10.1. The van der Waals surface area contributed by atoms with E-state index in [2.05, 4.69) is 31.8 Å². The molecule has 0 aliphatic heterocycles. The molecule has 0 aliphatic carbocycles. The van der Waals surface area contributed by atoms with Gasteiger partial charge < -0.3 is 19.5 Å². The number of carbonyl (C=O) groups excluding carboxylic acids is 2. The number of nitrogens with one attached hydrogen (secondary N) is 2. The average molecular weight is 526 g/mol. The highest BCUT2D eigenvalue weighted by molar-refractivity contribution is 9.10. The maximum absolute atomic E-state index is 12.9. The van der Waals surface area contributed by atoms with Crippen molar-refractivity contribution in [3.05, 3.63) is 81.8 Å². The fourth-order valence-electron chi connectivity index (χ4n) is 3.14. The van der Waals surface area contributed by atoms with Crippen LogP contribution in [0.25, 0.3) is 0 Å². The Morgan fingerprint density at radius 2 is 1.53 bits per heavy atom. The average Bonchev–Trinajstić information content (AvgIpc) is 2.85. The van der Waals surface area contributed by atoms with Crippen LogP contribution in [0.1, 0.15) is 33.2 Å². The molecule has 3 rings (SSSR count). The fourth-order valence-corrected chi connectivity index (χ4v) is 3.73. The number of rotatable bonds is 9. The molecule has 0 aliphatic rings. The molecule has 0 fully saturated rings. The summed E-state index contributed by atoms with van der Waals surface area (Å²) in [5, 5.41) is 6.84. The van der Waals surface area contributed by atoms with E-state index in [4.69, 9.17) is 14.2 Å². The van der Waals surface area contributed by atoms with E-state index in [9.17, 15) is 9.59 Å². The lowest BCUT2D eigenvalue weighted by Gasteiger charge is -2.13. The van der Waals surface area contributed by atoms with Crippen LogP contribution in [-0.2, 0) is 0 Å². The van der Waals surface area contributed by atoms with Gasteiger partial charge in [0.15, 0.2) is 0 Å². The Morgan fingerprint density at radius 1 is 0.882 bits per heavy atom. The highest BCUT2D eigenvalue weighted by Crippen LogP contribution is 2.33. The summed E-state index contributed by atoms with van der Waals surface area (Å²) in [5.74, 6) is 0.716. The molecular formula is C25H24BrN3O5. The Kier molecular flexibility index (Phi) is 8.64. The number of methoxy groups -OCH3 is 2. The second-order valence-electron chi connectivity index (χ2n) is 6.83. The van der Waals surface area contributed by atoms with Crippen LogP contribution in [0.5, 0.6) is 17.2 Å². The van der Waals surface area contributed by atoms with Gasteiger partial charge in [0.2, 0.25) is 0 Å². The maximum Gasteiger partial charge on any atom is 0.273 e. The van der Waals surface area contributed by atoms with E-state index < -0.39 is 11.8 Å². The molecule has 0 atom stereocenters. The molecule has 0 spiro atoms. The fraction of sp³-hybridized carbons (Fsp3) is 0.160. The molecule has 2 N–H and O–H groups in total. The number of benzene rings is 3. The first kappa shape index (κ1) is 24.8. The highest BCUT2D eigenvalue weighted by atomic mass is 79.9. The number of anilines is 1. The van der Waals surface area contributed by atoms with Gasteiger partial charge in [0.25, 0.3) is 11.8 Å². The first-order valence-corrected chi connectivity index (χ1v) is 11.2. The summed E-state index contributed by atoms with van der Waals surface area (Å²) in [6.07, 6.45) is 1.45. The summed E-state index contributed by atoms with van der Waals surface area (Å²) < 4.78 is 16.8. The number of hydrogen-bond donors (Lipinski definition) is 2. The molecule has 0 aromatic heterocycles. The second kappa shape index (κ2) is 11.9. The van der Waals surface area contributed by atoms with Gasteiger partial charge in [-0.25, -0.2) is 5.43 Å². The quantitative estimate of drug-likeness (QED) is 0.306. The number of para-hydroxylation sites is 2. The van der Waals surface area contributed by atoms with Crippen molar-refractivity contribution in [2.45, 2.75) is 6.92 Å². The summed E-state index contributed by atoms with van der Waals surface area (Å²) in [7, 11) is 3.08. The van der Waals surface area contributed by atoms with Gasteiger partial charge in [0.05, 0.1) is 53.9 Å². The van der Waals surface area contributed by atoms with Gasteiger partial charge in [0.1, 0.15) is 17.2 Å². The van der Waals surface area contributed by atoms with Crippen molar-refractivity contribution in [1.82, 2.24) is 5.43 Å². The Labute approximate surface area is 206 Å². The van der Waals surface area contributed by atoms with Crippen LogP contribution in [0.3, 0.4) is 0 Å². The second-order valence-corrected chi connectivity index (χ2v) is 7.62. The summed E-state index contributed by atoms with van der Waals surface area (Å²) in [6, 6.07) is 17.1. The monoisotopic (exact) mass is 525 g/mol. The molecule has 0 bridgehead atoms. The summed E-state index contributed by atoms with van der Waals surface area (Å²) in [5.41, 5.74) is 4.04. The number of halogens is 1. The Hall–Kier alpha value is -3.85. The Balaban J connectivity index is 1.79. The van der Waals surface area contributed by atoms with Gasteiger partial charge in [-0.15, -0.1) is 0 Å². The van der Waals surface area contributed by atoms with Crippen LogP contribution < -0.4 is 25.0 Å². The molecule has 3 aromatic rings. The van der Waals surface area contributed by atoms with Crippen molar-refractivity contribution < 1.29 is 23.8 Å². The van der Waals surface area contributed by atoms with E-state index >= 15 is 0 Å². The van der Waals surface area contributed by atoms with Crippen molar-refractivity contribution in [1.29, 1.82) is 0 Å². The molecule has 9 heteroatoms. The van der Waals surface area contributed by atoms with E-state index in [-0.39, 0.29) is 5.56 Å². The molecule has 0 saturated carbocycles. The first-order valence-electron chi connectivity index (χ1n) is 10.4. The Bertz CT molecular complexity index is 1210. The van der Waals surface area contributed by atoms with Crippen LogP contribution >= 0.6 is 15.9 Å². The van der Waals surface area contributed by atoms with Crippen LogP contribution in [-0.4, -0.2) is 38.9 Å². The minimum absolute atomic E-state index is 0.249. The number of nitrogens with zero attached hydrogens (tertiary/aromatic N) is 1. The highest BCUT2D eigenvalue weighted by Gasteiger charge is 2.17. The molecule has 0 unspecified atom stereocenters. The van der Waals surface area contributed by atoms with Crippen LogP contribution in [0.2, 0.25) is 0 Å². The van der Waals surface area contributed by atoms with Crippen molar-refractivity contribution in [2.75, 3.05) is 26.1 Å². The third-order valence-corrected chi connectivity index (χ3v) is 5.57. The predicted octanol–water partition coefficient (Wildman–Crippen LogP) is 4.88. The van der Waals surface area contributed by atoms with Gasteiger partial charge in [-0.1, -0.05) is 24.3 Å². The van der Waals surface area contributed by atoms with Gasteiger partial charge in [-0.3, -0.25) is 9.59 Å². The lowest BCUT2D eigenvalue weighted by Crippen LogP contribution is -2.21. The third-order valence-electron chi connectivity index (χ3n) is 4.76. The van der Waals surface area contributed by atoms with E-state index in [1.165, 1.54) is 13.3 Å². The number of carbonyl (C=O) groups is 2. The number of ether oxygens (including phenoxy) is 3. The zero-order valence-corrected chi connectivity index (χ0v) is 20.5. The third kappa shape index (κ3) is 5.74. The van der Waals surface area contributed by atoms with Crippen molar-refractivity contribution >= 4 is 39.6 Å². The first-order chi connectivity index (χ1) is 16.5. The summed E-state index contributed by atoms with van der Waals surface area (Å²) >= 11 is 3.46. The SMILES string of the molecule is CCOc1ccccc1C(=O)Nc1ccccc1C(=O)N/N=C\c1c(OC)ccc(OC)c1Br. The van der Waals surface area contributed by atoms with Crippen LogP contribution in [0, 0.1) is 0 Å². The van der Waals surface area contributed by atoms with Crippen molar-refractivity contribution in [3.8, 4) is 17.2 Å². The van der Waals surface area contributed by atoms with Gasteiger partial charge in [0, 0.05) is 0 Å². The molecule has 0 radical (unpaired) electrons. The van der Waals surface area contributed by atoms with E-state index in [1.54, 1.807) is 67.8 Å². The van der Waals surface area contributed by atoms with Crippen LogP contribution in [0.15, 0.2) is 70.2 Å². The molecule has 0 saturated heterocycles. The van der Waals surface area contributed by atoms with Gasteiger partial charge >= 0.3 is 0 Å². The number of hydrazone groups is 1. The topological polar surface area (TPSA) is 98.2 Å². The Morgan fingerprint density at radius 3 is 2.24 bits per heavy atom. The number of hydrogen-bond acceptors (Lipinski definition) is 6. The standard InChI is InChI=1S/C25H24BrN3O5/c1-4-34-21-12-8-6-10-17(21)24(30)28-19-11-7-5-9-16(19)25(31)29-27-15-18-20(32-2)13-14-22(33-3)23(18)26/h5-15H,4H2,1-3H3,(H,28,30)(H,29,31)/b27-15-. The molecule has 3 aromatic carbocycles. The predicted molar refractivity (Wildman–Crippen MR) is 134 cm³/mol. The van der Waals surface area contributed by atoms with Crippen molar-refractivity contribution in [3.63, 3.8) is 0 Å². The maximum atomic E-state index is 12.9. The zero-order valence-electron chi connectivity index (χ0n) is 18.9. The molecule has 34 heavy (non-hydrogen) atoms. The molecular weight excluding hydrogens is 502 g/mol. The lowest BCUT2D eigenvalue weighted by molar-refractivity contribution is 0.0956. The van der Waals surface area contributed by atoms with Crippen LogP contribution in [0.4, 0.5) is 5.69 Å². The zero-order chi connectivity index (χ0) is 24.5. The smallest absolute Gasteiger partial charge is 0.273 e. The van der Waals surface area contributed by atoms with Gasteiger partial charge in [-0.05, 0) is 59.3 Å². The largest absolute Gasteiger partial charge is 0.496 e. The normalized spacial score (nSPS) is 10.6. The molecule has 2 amide bonds. The van der Waals surface area contributed by atoms with E-state index in [1.807, 2.05) is 6.92 Å². The van der Waals surface area contributed by atoms with Gasteiger partial charge in [-0.2, -0.15) is 5.10 Å².